The molecule has 1 atom stereocenters. The highest BCUT2D eigenvalue weighted by Gasteiger charge is 2.33. The molecule has 2 aliphatic heterocycles. The topological polar surface area (TPSA) is 85.6 Å². The number of nitrogens with one attached hydrogen (secondary N) is 1. The number of halogens is 3. The maximum Gasteiger partial charge on any atom is 0.416 e. The van der Waals surface area contributed by atoms with Gasteiger partial charge in [-0.3, -0.25) is 9.88 Å². The first-order valence-corrected chi connectivity index (χ1v) is 12.0. The molecule has 4 aromatic rings. The maximum absolute atomic E-state index is 13.8. The zero-order valence-electron chi connectivity index (χ0n) is 20.4. The number of nitrogens with two attached hydrogens (primary N) is 1. The van der Waals surface area contributed by atoms with Crippen LogP contribution in [0.1, 0.15) is 28.7 Å². The third-order valence-electron chi connectivity index (χ3n) is 6.99. The van der Waals surface area contributed by atoms with Crippen molar-refractivity contribution in [2.24, 2.45) is 10.7 Å². The van der Waals surface area contributed by atoms with Crippen molar-refractivity contribution in [3.8, 4) is 5.69 Å². The highest BCUT2D eigenvalue weighted by atomic mass is 19.4. The number of aryl methyl sites for hydroxylation is 1. The summed E-state index contributed by atoms with van der Waals surface area (Å²) in [5.74, 6) is 0.794. The number of morpholine rings is 1. The van der Waals surface area contributed by atoms with Crippen LogP contribution >= 0.6 is 0 Å². The number of aliphatic imine (C=N–C) groups is 1. The number of rotatable bonds is 3. The first-order chi connectivity index (χ1) is 17.7. The van der Waals surface area contributed by atoms with Crippen LogP contribution < -0.4 is 16.0 Å². The van der Waals surface area contributed by atoms with Gasteiger partial charge in [0.05, 0.1) is 41.2 Å². The number of ether oxygens (including phenoxy) is 1. The summed E-state index contributed by atoms with van der Waals surface area (Å²) >= 11 is 0. The summed E-state index contributed by atoms with van der Waals surface area (Å²) in [5.41, 5.74) is 10.7. The van der Waals surface area contributed by atoms with Crippen molar-refractivity contribution < 1.29 is 17.9 Å². The van der Waals surface area contributed by atoms with Crippen molar-refractivity contribution in [3.63, 3.8) is 0 Å². The van der Waals surface area contributed by atoms with Gasteiger partial charge < -0.3 is 19.9 Å². The average Bonchev–Trinajstić information content (AvgIpc) is 3.39. The number of hydrogen-bond acceptors (Lipinski definition) is 6. The second-order valence-electron chi connectivity index (χ2n) is 9.27. The van der Waals surface area contributed by atoms with Crippen LogP contribution in [0.4, 0.5) is 24.8 Å². The molecule has 6 rings (SSSR count). The van der Waals surface area contributed by atoms with Gasteiger partial charge in [0.25, 0.3) is 0 Å². The molecule has 8 nitrogen and oxygen atoms in total. The predicted octanol–water partition coefficient (Wildman–Crippen LogP) is 4.59. The Balaban J connectivity index is 1.54. The number of benzene rings is 2. The SMILES string of the molecule is Cc1cc(C2N=C(N)Nc3nc4ccccc4n32)c(C)n1-c1cc(C(F)(F)F)ccc1N1CCOCC1. The number of para-hydroxylation sites is 2. The lowest BCUT2D eigenvalue weighted by Crippen LogP contribution is -2.37. The van der Waals surface area contributed by atoms with Gasteiger partial charge in [0.15, 0.2) is 12.1 Å². The van der Waals surface area contributed by atoms with Gasteiger partial charge in [-0.25, -0.2) is 9.98 Å². The Kier molecular flexibility index (Phi) is 5.41. The number of anilines is 2. The minimum Gasteiger partial charge on any atom is -0.378 e. The fraction of sp³-hybridized carbons (Fsp3) is 0.308. The summed E-state index contributed by atoms with van der Waals surface area (Å²) in [5, 5.41) is 3.03. The summed E-state index contributed by atoms with van der Waals surface area (Å²) in [6.45, 7) is 6.04. The average molecular weight is 510 g/mol. The van der Waals surface area contributed by atoms with E-state index in [2.05, 4.69) is 20.2 Å². The molecule has 0 aliphatic carbocycles. The molecule has 37 heavy (non-hydrogen) atoms. The van der Waals surface area contributed by atoms with Gasteiger partial charge in [-0.15, -0.1) is 0 Å². The Morgan fingerprint density at radius 1 is 1.03 bits per heavy atom. The molecule has 0 saturated carbocycles. The largest absolute Gasteiger partial charge is 0.416 e. The lowest BCUT2D eigenvalue weighted by atomic mass is 10.1. The standard InChI is InChI=1S/C26H26F3N7O/c1-15-13-18(23-32-24(30)33-25-31-19-5-3-4-6-20(19)36(23)25)16(2)35(15)22-14-17(26(27,28)29)7-8-21(22)34-9-11-37-12-10-34/h3-8,13-14,23H,9-12H2,1-2H3,(H3,30,31,32,33). The van der Waals surface area contributed by atoms with Crippen LogP contribution in [-0.4, -0.2) is 46.4 Å². The number of alkyl halides is 3. The molecule has 1 unspecified atom stereocenters. The molecule has 0 bridgehead atoms. The summed E-state index contributed by atoms with van der Waals surface area (Å²) in [6.07, 6.45) is -4.99. The zero-order valence-corrected chi connectivity index (χ0v) is 20.4. The molecule has 1 fully saturated rings. The van der Waals surface area contributed by atoms with Crippen molar-refractivity contribution in [1.29, 1.82) is 0 Å². The molecule has 4 heterocycles. The molecule has 2 aromatic heterocycles. The first-order valence-electron chi connectivity index (χ1n) is 12.0. The predicted molar refractivity (Wildman–Crippen MR) is 136 cm³/mol. The third-order valence-corrected chi connectivity index (χ3v) is 6.99. The van der Waals surface area contributed by atoms with Crippen molar-refractivity contribution in [2.45, 2.75) is 26.2 Å². The van der Waals surface area contributed by atoms with E-state index >= 15 is 0 Å². The molecule has 0 amide bonds. The monoisotopic (exact) mass is 509 g/mol. The second-order valence-corrected chi connectivity index (χ2v) is 9.27. The molecular weight excluding hydrogens is 483 g/mol. The number of imidazole rings is 1. The van der Waals surface area contributed by atoms with E-state index in [-0.39, 0.29) is 5.96 Å². The van der Waals surface area contributed by atoms with Crippen LogP contribution in [0, 0.1) is 13.8 Å². The summed E-state index contributed by atoms with van der Waals surface area (Å²) in [6, 6.07) is 13.6. The lowest BCUT2D eigenvalue weighted by Gasteiger charge is -2.32. The van der Waals surface area contributed by atoms with Crippen LogP contribution in [-0.2, 0) is 10.9 Å². The third kappa shape index (κ3) is 3.90. The van der Waals surface area contributed by atoms with E-state index in [1.165, 1.54) is 6.07 Å². The minimum absolute atomic E-state index is 0.227. The molecule has 2 aliphatic rings. The van der Waals surface area contributed by atoms with Crippen LogP contribution in [0.25, 0.3) is 16.7 Å². The van der Waals surface area contributed by atoms with E-state index in [0.717, 1.165) is 39.7 Å². The van der Waals surface area contributed by atoms with Crippen LogP contribution in [0.15, 0.2) is 53.5 Å². The van der Waals surface area contributed by atoms with Crippen molar-refractivity contribution in [3.05, 3.63) is 71.0 Å². The Morgan fingerprint density at radius 2 is 1.78 bits per heavy atom. The molecule has 0 radical (unpaired) electrons. The van der Waals surface area contributed by atoms with Gasteiger partial charge in [-0.05, 0) is 50.2 Å². The summed E-state index contributed by atoms with van der Waals surface area (Å²) < 4.78 is 50.7. The van der Waals surface area contributed by atoms with E-state index < -0.39 is 17.9 Å². The Bertz CT molecular complexity index is 1530. The zero-order chi connectivity index (χ0) is 25.9. The molecular formula is C26H26F3N7O. The van der Waals surface area contributed by atoms with Gasteiger partial charge in [-0.2, -0.15) is 13.2 Å². The molecule has 1 saturated heterocycles. The Morgan fingerprint density at radius 3 is 2.54 bits per heavy atom. The van der Waals surface area contributed by atoms with E-state index in [9.17, 15) is 13.2 Å². The van der Waals surface area contributed by atoms with E-state index in [1.807, 2.05) is 53.3 Å². The van der Waals surface area contributed by atoms with Crippen LogP contribution in [0.5, 0.6) is 0 Å². The first kappa shape index (κ1) is 23.4. The van der Waals surface area contributed by atoms with E-state index in [1.54, 1.807) is 6.07 Å². The quantitative estimate of drug-likeness (QED) is 0.422. The second kappa shape index (κ2) is 8.55. The molecule has 0 spiro atoms. The Hall–Kier alpha value is -3.99. The highest BCUT2D eigenvalue weighted by Crippen LogP contribution is 2.39. The van der Waals surface area contributed by atoms with Gasteiger partial charge in [0.1, 0.15) is 0 Å². The number of aromatic nitrogens is 3. The van der Waals surface area contributed by atoms with Crippen LogP contribution in [0.2, 0.25) is 0 Å². The van der Waals surface area contributed by atoms with Crippen molar-refractivity contribution in [2.75, 3.05) is 36.5 Å². The lowest BCUT2D eigenvalue weighted by molar-refractivity contribution is -0.137. The molecule has 2 aromatic carbocycles. The summed E-state index contributed by atoms with van der Waals surface area (Å²) in [7, 11) is 0. The van der Waals surface area contributed by atoms with Gasteiger partial charge >= 0.3 is 6.18 Å². The number of guanidine groups is 1. The Labute approximate surface area is 211 Å². The number of fused-ring (bicyclic) bond motifs is 3. The molecule has 11 heteroatoms. The highest BCUT2D eigenvalue weighted by molar-refractivity contribution is 5.94. The van der Waals surface area contributed by atoms with Gasteiger partial charge in [-0.1, -0.05) is 12.1 Å². The normalized spacial score (nSPS) is 18.0. The summed E-state index contributed by atoms with van der Waals surface area (Å²) in [4.78, 5) is 11.4. The smallest absolute Gasteiger partial charge is 0.378 e. The number of nitrogens with zero attached hydrogens (tertiary/aromatic N) is 5. The van der Waals surface area contributed by atoms with Crippen molar-refractivity contribution >= 4 is 28.6 Å². The van der Waals surface area contributed by atoms with E-state index in [0.29, 0.717) is 37.9 Å². The fourth-order valence-corrected chi connectivity index (χ4v) is 5.30. The maximum atomic E-state index is 13.8. The fourth-order valence-electron chi connectivity index (χ4n) is 5.30. The van der Waals surface area contributed by atoms with E-state index in [4.69, 9.17) is 10.5 Å². The number of hydrogen-bond donors (Lipinski definition) is 2. The molecule has 3 N–H and O–H groups in total. The molecule has 192 valence electrons. The van der Waals surface area contributed by atoms with Gasteiger partial charge in [0.2, 0.25) is 5.95 Å². The minimum atomic E-state index is -4.46. The van der Waals surface area contributed by atoms with Crippen LogP contribution in [0.3, 0.4) is 0 Å². The van der Waals surface area contributed by atoms with Gasteiger partial charge in [0, 0.05) is 30.0 Å². The van der Waals surface area contributed by atoms with Crippen molar-refractivity contribution in [1.82, 2.24) is 14.1 Å².